The summed E-state index contributed by atoms with van der Waals surface area (Å²) in [5.41, 5.74) is -0.213. The number of alkyl halides is 3. The number of rotatable bonds is 6. The Morgan fingerprint density at radius 1 is 1.10 bits per heavy atom. The lowest BCUT2D eigenvalue weighted by molar-refractivity contribution is -0.140. The van der Waals surface area contributed by atoms with E-state index in [9.17, 15) is 27.6 Å². The fourth-order valence-electron chi connectivity index (χ4n) is 5.26. The minimum absolute atomic E-state index is 0.00104. The molecule has 0 bridgehead atoms. The number of aromatic amines is 2. The highest BCUT2D eigenvalue weighted by atomic mass is 35.5. The molecule has 3 amide bonds. The molecular weight excluding hydrogens is 577 g/mol. The molecule has 0 saturated carbocycles. The molecule has 0 aliphatic carbocycles. The SMILES string of the molecule is Cc1[nH]nc(C(F)(F)F)c1-c1cnc(C(=O)NCc2ccc(C(=O)N3CCN(C(=O)C4CCNCC4)CC3)c(Cl)c2)[nH]1. The monoisotopic (exact) mass is 606 g/mol. The minimum atomic E-state index is -4.68. The number of hydrogen-bond acceptors (Lipinski definition) is 6. The summed E-state index contributed by atoms with van der Waals surface area (Å²) in [4.78, 5) is 48.6. The van der Waals surface area contributed by atoms with E-state index < -0.39 is 17.8 Å². The molecule has 0 atom stereocenters. The number of piperazine rings is 1. The van der Waals surface area contributed by atoms with Crippen molar-refractivity contribution < 1.29 is 27.6 Å². The standard InChI is InChI=1S/C27H30ClF3N8O3/c1-15-21(22(37-36-15)27(29,30)31)20-14-33-23(35-20)24(40)34-13-16-2-3-18(19(28)12-16)26(42)39-10-8-38(9-11-39)25(41)17-4-6-32-7-5-17/h2-3,12,14,17,32H,4-11,13H2,1H3,(H,33,35)(H,34,40)(H,36,37). The molecule has 0 radical (unpaired) electrons. The predicted octanol–water partition coefficient (Wildman–Crippen LogP) is 2.99. The van der Waals surface area contributed by atoms with E-state index in [1.807, 2.05) is 4.90 Å². The van der Waals surface area contributed by atoms with Gasteiger partial charge in [-0.2, -0.15) is 18.3 Å². The topological polar surface area (TPSA) is 139 Å². The summed E-state index contributed by atoms with van der Waals surface area (Å²) in [6.45, 7) is 4.94. The predicted molar refractivity (Wildman–Crippen MR) is 147 cm³/mol. The number of nitrogens with one attached hydrogen (secondary N) is 4. The molecule has 224 valence electrons. The van der Waals surface area contributed by atoms with Gasteiger partial charge in [0, 0.05) is 44.3 Å². The fraction of sp³-hybridized carbons (Fsp3) is 0.444. The highest BCUT2D eigenvalue weighted by Gasteiger charge is 2.38. The van der Waals surface area contributed by atoms with E-state index in [1.54, 1.807) is 23.1 Å². The lowest BCUT2D eigenvalue weighted by atomic mass is 9.96. The van der Waals surface area contributed by atoms with Crippen LogP contribution in [-0.4, -0.2) is 87.0 Å². The van der Waals surface area contributed by atoms with E-state index >= 15 is 0 Å². The van der Waals surface area contributed by atoms with Crippen LogP contribution in [0.3, 0.4) is 0 Å². The van der Waals surface area contributed by atoms with Crippen molar-refractivity contribution in [2.24, 2.45) is 5.92 Å². The van der Waals surface area contributed by atoms with E-state index in [-0.39, 0.29) is 52.1 Å². The van der Waals surface area contributed by atoms with Gasteiger partial charge in [0.1, 0.15) is 0 Å². The first-order chi connectivity index (χ1) is 20.0. The van der Waals surface area contributed by atoms with Crippen molar-refractivity contribution in [3.05, 3.63) is 57.8 Å². The quantitative estimate of drug-likeness (QED) is 0.340. The molecule has 5 rings (SSSR count). The molecule has 0 unspecified atom stereocenters. The lowest BCUT2D eigenvalue weighted by Gasteiger charge is -2.37. The van der Waals surface area contributed by atoms with Gasteiger partial charge in [-0.25, -0.2) is 4.98 Å². The molecule has 11 nitrogen and oxygen atoms in total. The Balaban J connectivity index is 1.16. The maximum absolute atomic E-state index is 13.3. The van der Waals surface area contributed by atoms with Gasteiger partial charge in [-0.15, -0.1) is 0 Å². The number of aromatic nitrogens is 4. The Kier molecular flexibility index (Phi) is 8.55. The molecule has 42 heavy (non-hydrogen) atoms. The van der Waals surface area contributed by atoms with Crippen molar-refractivity contribution in [1.29, 1.82) is 0 Å². The number of benzene rings is 1. The van der Waals surface area contributed by atoms with Crippen LogP contribution in [0.4, 0.5) is 13.2 Å². The molecule has 0 spiro atoms. The number of H-pyrrole nitrogens is 2. The second-order valence-corrected chi connectivity index (χ2v) is 10.8. The Morgan fingerprint density at radius 3 is 2.45 bits per heavy atom. The molecular formula is C27H30ClF3N8O3. The zero-order chi connectivity index (χ0) is 30.0. The molecule has 2 aromatic heterocycles. The van der Waals surface area contributed by atoms with Gasteiger partial charge in [-0.1, -0.05) is 17.7 Å². The van der Waals surface area contributed by atoms with Crippen LogP contribution in [0.15, 0.2) is 24.4 Å². The smallest absolute Gasteiger partial charge is 0.345 e. The third kappa shape index (κ3) is 6.28. The molecule has 4 N–H and O–H groups in total. The first kappa shape index (κ1) is 29.6. The van der Waals surface area contributed by atoms with Crippen molar-refractivity contribution in [1.82, 2.24) is 40.6 Å². The Bertz CT molecular complexity index is 1470. The van der Waals surface area contributed by atoms with E-state index in [4.69, 9.17) is 11.6 Å². The molecule has 2 fully saturated rings. The van der Waals surface area contributed by atoms with Crippen molar-refractivity contribution in [2.45, 2.75) is 32.5 Å². The number of piperidine rings is 1. The van der Waals surface area contributed by atoms with Crippen molar-refractivity contribution >= 4 is 29.3 Å². The van der Waals surface area contributed by atoms with Gasteiger partial charge in [0.2, 0.25) is 5.91 Å². The Morgan fingerprint density at radius 2 is 1.79 bits per heavy atom. The van der Waals surface area contributed by atoms with E-state index in [1.165, 1.54) is 6.92 Å². The molecule has 2 aliphatic rings. The third-order valence-electron chi connectivity index (χ3n) is 7.56. The van der Waals surface area contributed by atoms with Gasteiger partial charge < -0.3 is 25.4 Å². The van der Waals surface area contributed by atoms with Gasteiger partial charge in [-0.3, -0.25) is 19.5 Å². The molecule has 4 heterocycles. The molecule has 15 heteroatoms. The first-order valence-corrected chi connectivity index (χ1v) is 13.9. The second kappa shape index (κ2) is 12.1. The summed E-state index contributed by atoms with van der Waals surface area (Å²) in [6, 6.07) is 4.82. The number of imidazole rings is 1. The minimum Gasteiger partial charge on any atom is -0.345 e. The van der Waals surface area contributed by atoms with Gasteiger partial charge in [-0.05, 0) is 50.6 Å². The van der Waals surface area contributed by atoms with Gasteiger partial charge in [0.25, 0.3) is 11.8 Å². The summed E-state index contributed by atoms with van der Waals surface area (Å²) in [6.07, 6.45) is -1.88. The summed E-state index contributed by atoms with van der Waals surface area (Å²) >= 11 is 6.43. The number of amides is 3. The number of hydrogen-bond donors (Lipinski definition) is 4. The molecule has 3 aromatic rings. The summed E-state index contributed by atoms with van der Waals surface area (Å²) in [5, 5.41) is 11.8. The van der Waals surface area contributed by atoms with Gasteiger partial charge >= 0.3 is 6.18 Å². The first-order valence-electron chi connectivity index (χ1n) is 13.6. The number of carbonyl (C=O) groups is 3. The van der Waals surface area contributed by atoms with Crippen LogP contribution in [0.25, 0.3) is 11.3 Å². The number of halogens is 4. The van der Waals surface area contributed by atoms with Crippen LogP contribution in [0.5, 0.6) is 0 Å². The summed E-state index contributed by atoms with van der Waals surface area (Å²) < 4.78 is 39.9. The Hall–Kier alpha value is -3.91. The van der Waals surface area contributed by atoms with Crippen LogP contribution in [0.2, 0.25) is 5.02 Å². The van der Waals surface area contributed by atoms with Crippen molar-refractivity contribution in [2.75, 3.05) is 39.3 Å². The second-order valence-electron chi connectivity index (χ2n) is 10.4. The third-order valence-corrected chi connectivity index (χ3v) is 7.87. The zero-order valence-electron chi connectivity index (χ0n) is 22.8. The number of nitrogens with zero attached hydrogens (tertiary/aromatic N) is 4. The van der Waals surface area contributed by atoms with Crippen molar-refractivity contribution in [3.63, 3.8) is 0 Å². The van der Waals surface area contributed by atoms with Crippen LogP contribution in [0, 0.1) is 12.8 Å². The van der Waals surface area contributed by atoms with Gasteiger partial charge in [0.15, 0.2) is 11.5 Å². The average Bonchev–Trinajstić information content (AvgIpc) is 3.62. The average molecular weight is 607 g/mol. The molecule has 2 saturated heterocycles. The van der Waals surface area contributed by atoms with Crippen LogP contribution in [-0.2, 0) is 17.5 Å². The molecule has 2 aliphatic heterocycles. The van der Waals surface area contributed by atoms with E-state index in [0.29, 0.717) is 37.3 Å². The normalized spacial score (nSPS) is 16.5. The lowest BCUT2D eigenvalue weighted by Crippen LogP contribution is -2.52. The van der Waals surface area contributed by atoms with Gasteiger partial charge in [0.05, 0.1) is 28.0 Å². The summed E-state index contributed by atoms with van der Waals surface area (Å²) in [7, 11) is 0. The van der Waals surface area contributed by atoms with E-state index in [2.05, 4.69) is 30.8 Å². The number of aryl methyl sites for hydroxylation is 1. The largest absolute Gasteiger partial charge is 0.435 e. The summed E-state index contributed by atoms with van der Waals surface area (Å²) in [5.74, 6) is -0.853. The van der Waals surface area contributed by atoms with E-state index in [0.717, 1.165) is 32.1 Å². The Labute approximate surface area is 244 Å². The maximum Gasteiger partial charge on any atom is 0.435 e. The van der Waals surface area contributed by atoms with Crippen LogP contribution < -0.4 is 10.6 Å². The highest BCUT2D eigenvalue weighted by Crippen LogP contribution is 2.36. The number of carbonyl (C=O) groups excluding carboxylic acids is 3. The molecule has 1 aromatic carbocycles. The maximum atomic E-state index is 13.3. The van der Waals surface area contributed by atoms with Crippen LogP contribution in [0.1, 0.15) is 50.8 Å². The van der Waals surface area contributed by atoms with Crippen molar-refractivity contribution in [3.8, 4) is 11.3 Å². The zero-order valence-corrected chi connectivity index (χ0v) is 23.5. The fourth-order valence-corrected chi connectivity index (χ4v) is 5.55. The highest BCUT2D eigenvalue weighted by molar-refractivity contribution is 6.33. The van der Waals surface area contributed by atoms with Crippen LogP contribution >= 0.6 is 11.6 Å².